The van der Waals surface area contributed by atoms with Gasteiger partial charge < -0.3 is 15.4 Å². The van der Waals surface area contributed by atoms with E-state index in [4.69, 9.17) is 4.74 Å². The van der Waals surface area contributed by atoms with Crippen LogP contribution in [0.15, 0.2) is 30.3 Å². The minimum Gasteiger partial charge on any atom is -0.481 e. The molecule has 5 nitrogen and oxygen atoms in total. The minimum atomic E-state index is 0.0446. The lowest BCUT2D eigenvalue weighted by molar-refractivity contribution is -0.126. The fourth-order valence-corrected chi connectivity index (χ4v) is 3.56. The molecular formula is C19H25N3O2. The third-order valence-electron chi connectivity index (χ3n) is 4.86. The number of nitrogens with zero attached hydrogens (tertiary/aromatic N) is 1. The number of carbonyl (C=O) groups is 1. The number of para-hydroxylation sites is 1. The zero-order valence-corrected chi connectivity index (χ0v) is 14.3. The average Bonchev–Trinajstić information content (AvgIpc) is 2.65. The van der Waals surface area contributed by atoms with E-state index in [1.54, 1.807) is 14.2 Å². The highest BCUT2D eigenvalue weighted by Crippen LogP contribution is 2.26. The molecule has 2 atom stereocenters. The summed E-state index contributed by atoms with van der Waals surface area (Å²) in [6, 6.07) is 10.3. The normalized spacial score (nSPS) is 20.8. The van der Waals surface area contributed by atoms with Crippen LogP contribution in [0.25, 0.3) is 10.9 Å². The lowest BCUT2D eigenvalue weighted by atomic mass is 9.83. The molecule has 1 heterocycles. The molecule has 0 unspecified atom stereocenters. The summed E-state index contributed by atoms with van der Waals surface area (Å²) < 4.78 is 5.46. The van der Waals surface area contributed by atoms with E-state index in [-0.39, 0.29) is 17.9 Å². The molecule has 1 aliphatic carbocycles. The first kappa shape index (κ1) is 16.7. The van der Waals surface area contributed by atoms with Crippen LogP contribution in [0.3, 0.4) is 0 Å². The number of rotatable bonds is 5. The van der Waals surface area contributed by atoms with Crippen LogP contribution in [0.1, 0.15) is 31.2 Å². The molecule has 24 heavy (non-hydrogen) atoms. The molecule has 1 fully saturated rings. The van der Waals surface area contributed by atoms with Crippen LogP contribution in [-0.4, -0.2) is 31.1 Å². The minimum absolute atomic E-state index is 0.0446. The number of nitrogens with one attached hydrogen (secondary N) is 2. The Morgan fingerprint density at radius 1 is 1.29 bits per heavy atom. The Balaban J connectivity index is 1.77. The van der Waals surface area contributed by atoms with Crippen molar-refractivity contribution >= 4 is 16.8 Å². The number of benzene rings is 1. The van der Waals surface area contributed by atoms with Crippen LogP contribution in [0, 0.1) is 5.92 Å². The fraction of sp³-hybridized carbons (Fsp3) is 0.474. The van der Waals surface area contributed by atoms with Gasteiger partial charge in [-0.05, 0) is 25.0 Å². The molecule has 3 rings (SSSR count). The van der Waals surface area contributed by atoms with E-state index in [9.17, 15) is 4.79 Å². The Morgan fingerprint density at radius 2 is 2.08 bits per heavy atom. The number of methoxy groups -OCH3 is 1. The number of pyridine rings is 1. The van der Waals surface area contributed by atoms with E-state index >= 15 is 0 Å². The highest BCUT2D eigenvalue weighted by molar-refractivity contribution is 5.80. The summed E-state index contributed by atoms with van der Waals surface area (Å²) in [5.74, 6) is 0.826. The molecule has 1 amide bonds. The highest BCUT2D eigenvalue weighted by atomic mass is 16.5. The van der Waals surface area contributed by atoms with Gasteiger partial charge >= 0.3 is 0 Å². The second-order valence-electron chi connectivity index (χ2n) is 6.34. The summed E-state index contributed by atoms with van der Waals surface area (Å²) in [5.41, 5.74) is 1.96. The Hall–Kier alpha value is -2.14. The van der Waals surface area contributed by atoms with Gasteiger partial charge in [0.05, 0.1) is 18.5 Å². The van der Waals surface area contributed by atoms with Gasteiger partial charge in [0.25, 0.3) is 0 Å². The van der Waals surface area contributed by atoms with Gasteiger partial charge in [-0.2, -0.15) is 0 Å². The van der Waals surface area contributed by atoms with E-state index < -0.39 is 0 Å². The fourth-order valence-electron chi connectivity index (χ4n) is 3.56. The maximum atomic E-state index is 12.1. The van der Waals surface area contributed by atoms with Crippen molar-refractivity contribution in [3.63, 3.8) is 0 Å². The predicted octanol–water partition coefficient (Wildman–Crippen LogP) is 2.64. The third kappa shape index (κ3) is 3.51. The molecule has 5 heteroatoms. The quantitative estimate of drug-likeness (QED) is 0.886. The Labute approximate surface area is 142 Å². The second kappa shape index (κ2) is 7.62. The first-order chi connectivity index (χ1) is 11.7. The zero-order valence-electron chi connectivity index (χ0n) is 14.3. The van der Waals surface area contributed by atoms with E-state index in [1.807, 2.05) is 18.2 Å². The molecule has 2 aromatic rings. The van der Waals surface area contributed by atoms with Gasteiger partial charge in [0.2, 0.25) is 11.8 Å². The molecular weight excluding hydrogens is 302 g/mol. The number of carbonyl (C=O) groups excluding carboxylic acids is 1. The maximum Gasteiger partial charge on any atom is 0.224 e. The summed E-state index contributed by atoms with van der Waals surface area (Å²) in [7, 11) is 3.36. The van der Waals surface area contributed by atoms with Crippen molar-refractivity contribution in [2.24, 2.45) is 5.92 Å². The van der Waals surface area contributed by atoms with E-state index in [0.717, 1.165) is 42.1 Å². The first-order valence-corrected chi connectivity index (χ1v) is 8.60. The standard InChI is InChI=1S/C19H25N3O2/c1-20-18(23)15-8-4-6-10-17(15)21-12-14-11-13-7-3-5-9-16(13)22-19(14)24-2/h3,5,7,9,11,15,17,21H,4,6,8,10,12H2,1-2H3,(H,20,23)/t15-,17-/m0/s1. The van der Waals surface area contributed by atoms with Gasteiger partial charge in [0, 0.05) is 30.6 Å². The van der Waals surface area contributed by atoms with Crippen molar-refractivity contribution in [1.29, 1.82) is 0 Å². The second-order valence-corrected chi connectivity index (χ2v) is 6.34. The summed E-state index contributed by atoms with van der Waals surface area (Å²) in [6.07, 6.45) is 4.27. The molecule has 0 radical (unpaired) electrons. The van der Waals surface area contributed by atoms with E-state index in [2.05, 4.69) is 27.8 Å². The molecule has 1 aliphatic rings. The lowest BCUT2D eigenvalue weighted by Crippen LogP contribution is -2.45. The van der Waals surface area contributed by atoms with Gasteiger partial charge in [-0.3, -0.25) is 4.79 Å². The van der Waals surface area contributed by atoms with Crippen molar-refractivity contribution in [1.82, 2.24) is 15.6 Å². The number of fused-ring (bicyclic) bond motifs is 1. The number of ether oxygens (including phenoxy) is 1. The van der Waals surface area contributed by atoms with Crippen molar-refractivity contribution in [3.8, 4) is 5.88 Å². The maximum absolute atomic E-state index is 12.1. The first-order valence-electron chi connectivity index (χ1n) is 8.60. The number of hydrogen-bond acceptors (Lipinski definition) is 4. The zero-order chi connectivity index (χ0) is 16.9. The summed E-state index contributed by atoms with van der Waals surface area (Å²) >= 11 is 0. The van der Waals surface area contributed by atoms with Crippen LogP contribution >= 0.6 is 0 Å². The molecule has 1 saturated carbocycles. The predicted molar refractivity (Wildman–Crippen MR) is 94.9 cm³/mol. The van der Waals surface area contributed by atoms with Gasteiger partial charge in [-0.1, -0.05) is 31.0 Å². The van der Waals surface area contributed by atoms with Crippen molar-refractivity contribution < 1.29 is 9.53 Å². The Kier molecular flexibility index (Phi) is 5.30. The monoisotopic (exact) mass is 327 g/mol. The van der Waals surface area contributed by atoms with E-state index in [1.165, 1.54) is 0 Å². The third-order valence-corrected chi connectivity index (χ3v) is 4.86. The summed E-state index contributed by atoms with van der Waals surface area (Å²) in [5, 5.41) is 7.45. The number of hydrogen-bond donors (Lipinski definition) is 2. The lowest BCUT2D eigenvalue weighted by Gasteiger charge is -2.31. The van der Waals surface area contributed by atoms with Crippen LogP contribution in [0.4, 0.5) is 0 Å². The number of aromatic nitrogens is 1. The largest absolute Gasteiger partial charge is 0.481 e. The molecule has 0 saturated heterocycles. The molecule has 2 N–H and O–H groups in total. The van der Waals surface area contributed by atoms with E-state index in [0.29, 0.717) is 12.4 Å². The SMILES string of the molecule is CNC(=O)[C@H]1CCCC[C@@H]1NCc1cc2ccccc2nc1OC. The molecule has 0 aliphatic heterocycles. The van der Waals surface area contributed by atoms with Crippen LogP contribution in [-0.2, 0) is 11.3 Å². The van der Waals surface area contributed by atoms with Gasteiger partial charge in [0.15, 0.2) is 0 Å². The van der Waals surface area contributed by atoms with Gasteiger partial charge in [-0.15, -0.1) is 0 Å². The van der Waals surface area contributed by atoms with Crippen LogP contribution in [0.2, 0.25) is 0 Å². The molecule has 1 aromatic heterocycles. The summed E-state index contributed by atoms with van der Waals surface area (Å²) in [4.78, 5) is 16.7. The molecule has 0 bridgehead atoms. The topological polar surface area (TPSA) is 63.2 Å². The molecule has 0 spiro atoms. The average molecular weight is 327 g/mol. The molecule has 1 aromatic carbocycles. The smallest absolute Gasteiger partial charge is 0.224 e. The van der Waals surface area contributed by atoms with Crippen molar-refractivity contribution in [2.75, 3.05) is 14.2 Å². The summed E-state index contributed by atoms with van der Waals surface area (Å²) in [6.45, 7) is 0.652. The Bertz CT molecular complexity index is 717. The van der Waals surface area contributed by atoms with Gasteiger partial charge in [0.1, 0.15) is 0 Å². The highest BCUT2D eigenvalue weighted by Gasteiger charge is 2.30. The molecule has 128 valence electrons. The van der Waals surface area contributed by atoms with Crippen LogP contribution in [0.5, 0.6) is 5.88 Å². The van der Waals surface area contributed by atoms with Crippen molar-refractivity contribution in [2.45, 2.75) is 38.3 Å². The number of amides is 1. The van der Waals surface area contributed by atoms with Crippen LogP contribution < -0.4 is 15.4 Å². The van der Waals surface area contributed by atoms with Gasteiger partial charge in [-0.25, -0.2) is 4.98 Å². The Morgan fingerprint density at radius 3 is 2.88 bits per heavy atom. The van der Waals surface area contributed by atoms with Crippen molar-refractivity contribution in [3.05, 3.63) is 35.9 Å².